The van der Waals surface area contributed by atoms with Gasteiger partial charge in [-0.1, -0.05) is 30.1 Å². The van der Waals surface area contributed by atoms with Crippen molar-refractivity contribution in [2.24, 2.45) is 0 Å². The first-order valence-corrected chi connectivity index (χ1v) is 9.29. The zero-order chi connectivity index (χ0) is 16.3. The number of aromatic nitrogens is 1. The third-order valence-corrected chi connectivity index (χ3v) is 5.92. The molecular weight excluding hydrogens is 319 g/mol. The molecule has 1 saturated carbocycles. The van der Waals surface area contributed by atoms with Crippen LogP contribution in [0.15, 0.2) is 41.1 Å². The maximum Gasteiger partial charge on any atom is 0.222 e. The van der Waals surface area contributed by atoms with Crippen LogP contribution in [0, 0.1) is 5.82 Å². The number of rotatable bonds is 6. The van der Waals surface area contributed by atoms with Gasteiger partial charge in [-0.2, -0.15) is 4.31 Å². The highest BCUT2D eigenvalue weighted by molar-refractivity contribution is 7.88. The summed E-state index contributed by atoms with van der Waals surface area (Å²) in [5.41, 5.74) is 0.651. The Labute approximate surface area is 135 Å². The second-order valence-corrected chi connectivity index (χ2v) is 7.77. The Morgan fingerprint density at radius 2 is 2.04 bits per heavy atom. The van der Waals surface area contributed by atoms with Gasteiger partial charge in [0.1, 0.15) is 11.6 Å². The Morgan fingerprint density at radius 3 is 2.70 bits per heavy atom. The first-order chi connectivity index (χ1) is 11.0. The molecule has 0 N–H and O–H groups in total. The molecule has 124 valence electrons. The van der Waals surface area contributed by atoms with E-state index in [1.807, 2.05) is 0 Å². The molecule has 1 heterocycles. The molecule has 0 amide bonds. The molecule has 7 heteroatoms. The summed E-state index contributed by atoms with van der Waals surface area (Å²) in [6.07, 6.45) is 5.14. The van der Waals surface area contributed by atoms with Gasteiger partial charge in [-0.05, 0) is 30.5 Å². The van der Waals surface area contributed by atoms with E-state index in [1.165, 1.54) is 22.6 Å². The lowest BCUT2D eigenvalue weighted by Gasteiger charge is -2.27. The second-order valence-electron chi connectivity index (χ2n) is 5.85. The minimum absolute atomic E-state index is 0.0359. The summed E-state index contributed by atoms with van der Waals surface area (Å²) in [5, 5.41) is 3.55. The van der Waals surface area contributed by atoms with Crippen LogP contribution < -0.4 is 0 Å². The number of hydrogen-bond donors (Lipinski definition) is 0. The van der Waals surface area contributed by atoms with Crippen LogP contribution >= 0.6 is 0 Å². The molecular formula is C16H19FN2O3S. The normalized spacial score (nSPS) is 16.3. The molecule has 3 rings (SSSR count). The number of hydrogen-bond acceptors (Lipinski definition) is 4. The van der Waals surface area contributed by atoms with E-state index in [1.54, 1.807) is 18.2 Å². The summed E-state index contributed by atoms with van der Waals surface area (Å²) in [6, 6.07) is 7.59. The van der Waals surface area contributed by atoms with Crippen LogP contribution in [-0.2, 0) is 22.3 Å². The highest BCUT2D eigenvalue weighted by Gasteiger charge is 2.33. The summed E-state index contributed by atoms with van der Waals surface area (Å²) in [7, 11) is -3.56. The first-order valence-electron chi connectivity index (χ1n) is 7.68. The number of sulfonamides is 1. The molecule has 2 aromatic rings. The molecule has 1 aromatic carbocycles. The Kier molecular flexibility index (Phi) is 4.77. The van der Waals surface area contributed by atoms with Crippen LogP contribution in [0.1, 0.15) is 37.0 Å². The molecule has 1 aliphatic rings. The Bertz CT molecular complexity index is 740. The van der Waals surface area contributed by atoms with Gasteiger partial charge in [0, 0.05) is 18.7 Å². The summed E-state index contributed by atoms with van der Waals surface area (Å²) >= 11 is 0. The Balaban J connectivity index is 1.85. The molecule has 0 unspecified atom stereocenters. The van der Waals surface area contributed by atoms with Crippen molar-refractivity contribution < 1.29 is 17.3 Å². The van der Waals surface area contributed by atoms with Crippen molar-refractivity contribution in [3.63, 3.8) is 0 Å². The van der Waals surface area contributed by atoms with Crippen LogP contribution in [0.2, 0.25) is 0 Å². The maximum absolute atomic E-state index is 13.4. The van der Waals surface area contributed by atoms with Crippen molar-refractivity contribution in [1.82, 2.24) is 9.46 Å². The fourth-order valence-corrected chi connectivity index (χ4v) is 4.73. The average Bonchev–Trinajstić information content (AvgIpc) is 3.17. The summed E-state index contributed by atoms with van der Waals surface area (Å²) in [6.45, 7) is 0.179. The van der Waals surface area contributed by atoms with E-state index in [4.69, 9.17) is 4.52 Å². The SMILES string of the molecule is O=S(=O)(Cc1ccno1)N(Cc1cccc(F)c1)C1CCCC1. The average molecular weight is 338 g/mol. The van der Waals surface area contributed by atoms with Crippen molar-refractivity contribution in [3.8, 4) is 0 Å². The van der Waals surface area contributed by atoms with Crippen LogP contribution in [0.4, 0.5) is 4.39 Å². The fraction of sp³-hybridized carbons (Fsp3) is 0.438. The first kappa shape index (κ1) is 16.1. The van der Waals surface area contributed by atoms with Crippen LogP contribution in [0.5, 0.6) is 0 Å². The zero-order valence-electron chi connectivity index (χ0n) is 12.7. The van der Waals surface area contributed by atoms with E-state index in [9.17, 15) is 12.8 Å². The number of halogens is 1. The molecule has 0 aliphatic heterocycles. The predicted octanol–water partition coefficient (Wildman–Crippen LogP) is 3.09. The quantitative estimate of drug-likeness (QED) is 0.812. The van der Waals surface area contributed by atoms with Gasteiger partial charge in [0.25, 0.3) is 0 Å². The highest BCUT2D eigenvalue weighted by atomic mass is 32.2. The van der Waals surface area contributed by atoms with E-state index >= 15 is 0 Å². The fourth-order valence-electron chi connectivity index (χ4n) is 3.04. The van der Waals surface area contributed by atoms with E-state index in [0.717, 1.165) is 25.7 Å². The third kappa shape index (κ3) is 3.97. The van der Waals surface area contributed by atoms with E-state index < -0.39 is 10.0 Å². The van der Waals surface area contributed by atoms with E-state index in [-0.39, 0.29) is 24.2 Å². The monoisotopic (exact) mass is 338 g/mol. The lowest BCUT2D eigenvalue weighted by Crippen LogP contribution is -2.39. The molecule has 1 aromatic heterocycles. The van der Waals surface area contributed by atoms with Gasteiger partial charge in [0.2, 0.25) is 10.0 Å². The van der Waals surface area contributed by atoms with Crippen LogP contribution in [-0.4, -0.2) is 23.9 Å². The van der Waals surface area contributed by atoms with Crippen molar-refractivity contribution in [3.05, 3.63) is 53.7 Å². The van der Waals surface area contributed by atoms with Crippen LogP contribution in [0.3, 0.4) is 0 Å². The highest BCUT2D eigenvalue weighted by Crippen LogP contribution is 2.28. The predicted molar refractivity (Wildman–Crippen MR) is 83.3 cm³/mol. The Morgan fingerprint density at radius 1 is 1.26 bits per heavy atom. The molecule has 0 radical (unpaired) electrons. The van der Waals surface area contributed by atoms with E-state index in [2.05, 4.69) is 5.16 Å². The molecule has 0 saturated heterocycles. The maximum atomic E-state index is 13.4. The van der Waals surface area contributed by atoms with Crippen molar-refractivity contribution in [2.45, 2.75) is 44.0 Å². The smallest absolute Gasteiger partial charge is 0.222 e. The number of benzene rings is 1. The molecule has 0 spiro atoms. The lowest BCUT2D eigenvalue weighted by atomic mass is 10.2. The lowest BCUT2D eigenvalue weighted by molar-refractivity contribution is 0.312. The van der Waals surface area contributed by atoms with Gasteiger partial charge in [-0.25, -0.2) is 12.8 Å². The van der Waals surface area contributed by atoms with Crippen molar-refractivity contribution in [2.75, 3.05) is 0 Å². The van der Waals surface area contributed by atoms with Gasteiger partial charge in [-0.3, -0.25) is 0 Å². The van der Waals surface area contributed by atoms with Gasteiger partial charge in [-0.15, -0.1) is 0 Å². The molecule has 1 aliphatic carbocycles. The van der Waals surface area contributed by atoms with Crippen LogP contribution in [0.25, 0.3) is 0 Å². The zero-order valence-corrected chi connectivity index (χ0v) is 13.5. The summed E-state index contributed by atoms with van der Waals surface area (Å²) in [5.74, 6) is -0.271. The minimum atomic E-state index is -3.56. The Hall–Kier alpha value is -1.73. The van der Waals surface area contributed by atoms with Gasteiger partial charge in [0.05, 0.1) is 6.20 Å². The van der Waals surface area contributed by atoms with E-state index in [0.29, 0.717) is 11.3 Å². The largest absolute Gasteiger partial charge is 0.360 e. The van der Waals surface area contributed by atoms with Gasteiger partial charge in [0.15, 0.2) is 5.76 Å². The standard InChI is InChI=1S/C16H19FN2O3S/c17-14-5-3-4-13(10-14)11-19(15-6-1-2-7-15)23(20,21)12-16-8-9-18-22-16/h3-5,8-10,15H,1-2,6-7,11-12H2. The molecule has 1 fully saturated rings. The van der Waals surface area contributed by atoms with Gasteiger partial charge >= 0.3 is 0 Å². The summed E-state index contributed by atoms with van der Waals surface area (Å²) < 4.78 is 45.5. The molecule has 5 nitrogen and oxygen atoms in total. The van der Waals surface area contributed by atoms with Crippen molar-refractivity contribution >= 4 is 10.0 Å². The van der Waals surface area contributed by atoms with Gasteiger partial charge < -0.3 is 4.52 Å². The number of nitrogens with zero attached hydrogens (tertiary/aromatic N) is 2. The molecule has 0 bridgehead atoms. The summed E-state index contributed by atoms with van der Waals surface area (Å²) in [4.78, 5) is 0. The molecule has 0 atom stereocenters. The van der Waals surface area contributed by atoms with Crippen molar-refractivity contribution in [1.29, 1.82) is 0 Å². The molecule has 23 heavy (non-hydrogen) atoms. The third-order valence-electron chi connectivity index (χ3n) is 4.13. The minimum Gasteiger partial charge on any atom is -0.360 e. The topological polar surface area (TPSA) is 63.4 Å². The second kappa shape index (κ2) is 6.80.